The minimum atomic E-state index is -0.879. The fourth-order valence-corrected chi connectivity index (χ4v) is 1.99. The van der Waals surface area contributed by atoms with Crippen LogP contribution in [0, 0.1) is 0 Å². The lowest BCUT2D eigenvalue weighted by Gasteiger charge is -2.12. The van der Waals surface area contributed by atoms with Gasteiger partial charge in [-0.1, -0.05) is 30.3 Å². The molecule has 21 heavy (non-hydrogen) atoms. The van der Waals surface area contributed by atoms with E-state index < -0.39 is 6.10 Å². The van der Waals surface area contributed by atoms with Crippen molar-refractivity contribution in [1.29, 1.82) is 0 Å². The number of amides is 1. The number of rotatable bonds is 7. The van der Waals surface area contributed by atoms with Gasteiger partial charge in [0.15, 0.2) is 0 Å². The van der Waals surface area contributed by atoms with Crippen molar-refractivity contribution in [1.82, 2.24) is 5.32 Å². The zero-order valence-electron chi connectivity index (χ0n) is 11.7. The second-order valence-electron chi connectivity index (χ2n) is 4.75. The lowest BCUT2D eigenvalue weighted by molar-refractivity contribution is -0.123. The van der Waals surface area contributed by atoms with E-state index in [4.69, 9.17) is 9.84 Å². The Bertz CT molecular complexity index is 600. The molecular weight excluding hydrogens is 270 g/mol. The van der Waals surface area contributed by atoms with Gasteiger partial charge in [-0.25, -0.2) is 0 Å². The van der Waals surface area contributed by atoms with Gasteiger partial charge in [-0.3, -0.25) is 4.79 Å². The number of carbonyl (C=O) groups excluding carboxylic acids is 1. The normalized spacial score (nSPS) is 12.1. The highest BCUT2D eigenvalue weighted by atomic mass is 16.5. The van der Waals surface area contributed by atoms with Gasteiger partial charge < -0.3 is 20.3 Å². The van der Waals surface area contributed by atoms with Gasteiger partial charge in [0.2, 0.25) is 5.91 Å². The van der Waals surface area contributed by atoms with Crippen LogP contribution in [0.25, 0.3) is 10.8 Å². The van der Waals surface area contributed by atoms with E-state index in [0.29, 0.717) is 5.75 Å². The number of hydrogen-bond acceptors (Lipinski definition) is 4. The van der Waals surface area contributed by atoms with Crippen LogP contribution < -0.4 is 10.1 Å². The molecule has 0 aliphatic heterocycles. The van der Waals surface area contributed by atoms with Crippen LogP contribution in [-0.2, 0) is 4.79 Å². The molecule has 0 spiro atoms. The number of aliphatic hydroxyl groups excluding tert-OH is 2. The van der Waals surface area contributed by atoms with Crippen molar-refractivity contribution >= 4 is 16.7 Å². The molecule has 2 rings (SSSR count). The SMILES string of the molecule is O=C(C[C@H](O)COc1ccc2ccccc2c1)NCCO. The summed E-state index contributed by atoms with van der Waals surface area (Å²) in [6.07, 6.45) is -0.928. The largest absolute Gasteiger partial charge is 0.491 e. The summed E-state index contributed by atoms with van der Waals surface area (Å²) in [6.45, 7) is 0.122. The zero-order chi connectivity index (χ0) is 15.1. The van der Waals surface area contributed by atoms with Gasteiger partial charge in [-0.05, 0) is 22.9 Å². The maximum atomic E-state index is 11.4. The molecule has 1 amide bonds. The van der Waals surface area contributed by atoms with Gasteiger partial charge in [0.25, 0.3) is 0 Å². The predicted octanol–water partition coefficient (Wildman–Crippen LogP) is 1.08. The molecule has 0 unspecified atom stereocenters. The number of nitrogens with one attached hydrogen (secondary N) is 1. The molecule has 5 heteroatoms. The number of hydrogen-bond donors (Lipinski definition) is 3. The summed E-state index contributed by atoms with van der Waals surface area (Å²) >= 11 is 0. The molecular formula is C16H19NO4. The van der Waals surface area contributed by atoms with Gasteiger partial charge in [0.05, 0.1) is 19.1 Å². The van der Waals surface area contributed by atoms with E-state index in [1.165, 1.54) is 0 Å². The van der Waals surface area contributed by atoms with E-state index in [1.807, 2.05) is 42.5 Å². The molecule has 2 aromatic rings. The van der Waals surface area contributed by atoms with Crippen molar-refractivity contribution in [2.45, 2.75) is 12.5 Å². The summed E-state index contributed by atoms with van der Waals surface area (Å²) in [7, 11) is 0. The van der Waals surface area contributed by atoms with Gasteiger partial charge in [-0.15, -0.1) is 0 Å². The summed E-state index contributed by atoms with van der Waals surface area (Å²) in [5.74, 6) is 0.349. The molecule has 0 radical (unpaired) electrons. The second-order valence-corrected chi connectivity index (χ2v) is 4.75. The molecule has 0 heterocycles. The van der Waals surface area contributed by atoms with Crippen LogP contribution in [0.4, 0.5) is 0 Å². The number of benzene rings is 2. The van der Waals surface area contributed by atoms with Crippen LogP contribution in [0.2, 0.25) is 0 Å². The first kappa shape index (κ1) is 15.3. The van der Waals surface area contributed by atoms with Crippen LogP contribution in [0.1, 0.15) is 6.42 Å². The molecule has 0 bridgehead atoms. The summed E-state index contributed by atoms with van der Waals surface area (Å²) in [6, 6.07) is 13.6. The van der Waals surface area contributed by atoms with Crippen molar-refractivity contribution in [3.63, 3.8) is 0 Å². The molecule has 0 fully saturated rings. The minimum absolute atomic E-state index is 0.0465. The van der Waals surface area contributed by atoms with Crippen LogP contribution in [0.15, 0.2) is 42.5 Å². The van der Waals surface area contributed by atoms with Gasteiger partial charge in [0.1, 0.15) is 12.4 Å². The first-order valence-corrected chi connectivity index (χ1v) is 6.86. The Morgan fingerprint density at radius 3 is 2.71 bits per heavy atom. The van der Waals surface area contributed by atoms with E-state index >= 15 is 0 Å². The Balaban J connectivity index is 1.84. The molecule has 0 aliphatic carbocycles. The third-order valence-corrected chi connectivity index (χ3v) is 3.02. The Labute approximate surface area is 123 Å². The number of carbonyl (C=O) groups is 1. The van der Waals surface area contributed by atoms with Crippen molar-refractivity contribution < 1.29 is 19.7 Å². The van der Waals surface area contributed by atoms with E-state index in [-0.39, 0.29) is 32.1 Å². The van der Waals surface area contributed by atoms with Gasteiger partial charge in [0, 0.05) is 6.54 Å². The summed E-state index contributed by atoms with van der Waals surface area (Å²) < 4.78 is 5.50. The summed E-state index contributed by atoms with van der Waals surface area (Å²) in [5.41, 5.74) is 0. The van der Waals surface area contributed by atoms with Crippen LogP contribution >= 0.6 is 0 Å². The summed E-state index contributed by atoms with van der Waals surface area (Å²) in [5, 5.41) is 23.0. The molecule has 0 saturated heterocycles. The average molecular weight is 289 g/mol. The molecule has 112 valence electrons. The van der Waals surface area contributed by atoms with Gasteiger partial charge >= 0.3 is 0 Å². The van der Waals surface area contributed by atoms with Crippen molar-refractivity contribution in [2.24, 2.45) is 0 Å². The third-order valence-electron chi connectivity index (χ3n) is 3.02. The molecule has 2 aromatic carbocycles. The second kappa shape index (κ2) is 7.61. The third kappa shape index (κ3) is 4.73. The predicted molar refractivity (Wildman–Crippen MR) is 80.2 cm³/mol. The number of ether oxygens (including phenoxy) is 1. The quantitative estimate of drug-likeness (QED) is 0.712. The fraction of sp³-hybridized carbons (Fsp3) is 0.312. The highest BCUT2D eigenvalue weighted by Gasteiger charge is 2.11. The fourth-order valence-electron chi connectivity index (χ4n) is 1.99. The Hall–Kier alpha value is -2.11. The standard InChI is InChI=1S/C16H19NO4/c18-8-7-17-16(20)10-14(19)11-21-15-6-5-12-3-1-2-4-13(12)9-15/h1-6,9,14,18-19H,7-8,10-11H2,(H,17,20)/t14-/m0/s1. The van der Waals surface area contributed by atoms with E-state index in [2.05, 4.69) is 5.32 Å². The van der Waals surface area contributed by atoms with Crippen LogP contribution in [-0.4, -0.2) is 42.0 Å². The van der Waals surface area contributed by atoms with E-state index in [0.717, 1.165) is 10.8 Å². The maximum absolute atomic E-state index is 11.4. The maximum Gasteiger partial charge on any atom is 0.222 e. The highest BCUT2D eigenvalue weighted by Crippen LogP contribution is 2.20. The van der Waals surface area contributed by atoms with Crippen LogP contribution in [0.5, 0.6) is 5.75 Å². The Kier molecular flexibility index (Phi) is 5.54. The Morgan fingerprint density at radius 1 is 1.19 bits per heavy atom. The van der Waals surface area contributed by atoms with E-state index in [1.54, 1.807) is 0 Å². The van der Waals surface area contributed by atoms with E-state index in [9.17, 15) is 9.90 Å². The Morgan fingerprint density at radius 2 is 1.95 bits per heavy atom. The summed E-state index contributed by atoms with van der Waals surface area (Å²) in [4.78, 5) is 11.4. The van der Waals surface area contributed by atoms with Crippen LogP contribution in [0.3, 0.4) is 0 Å². The molecule has 0 aromatic heterocycles. The minimum Gasteiger partial charge on any atom is -0.491 e. The van der Waals surface area contributed by atoms with Gasteiger partial charge in [-0.2, -0.15) is 0 Å². The number of fused-ring (bicyclic) bond motifs is 1. The lowest BCUT2D eigenvalue weighted by Crippen LogP contribution is -2.31. The molecule has 3 N–H and O–H groups in total. The molecule has 1 atom stereocenters. The topological polar surface area (TPSA) is 78.8 Å². The lowest BCUT2D eigenvalue weighted by atomic mass is 10.1. The average Bonchev–Trinajstić information content (AvgIpc) is 2.50. The molecule has 0 aliphatic rings. The monoisotopic (exact) mass is 289 g/mol. The first-order valence-electron chi connectivity index (χ1n) is 6.86. The van der Waals surface area contributed by atoms with Crippen molar-refractivity contribution in [3.8, 4) is 5.75 Å². The molecule has 0 saturated carbocycles. The van der Waals surface area contributed by atoms with Crippen molar-refractivity contribution in [2.75, 3.05) is 19.8 Å². The smallest absolute Gasteiger partial charge is 0.222 e. The highest BCUT2D eigenvalue weighted by molar-refractivity contribution is 5.83. The zero-order valence-corrected chi connectivity index (χ0v) is 11.7. The first-order chi connectivity index (χ1) is 10.2. The molecule has 5 nitrogen and oxygen atoms in total. The van der Waals surface area contributed by atoms with Crippen molar-refractivity contribution in [3.05, 3.63) is 42.5 Å². The number of aliphatic hydroxyl groups is 2.